The number of pyridine rings is 2. The maximum atomic E-state index is 14.5. The van der Waals surface area contributed by atoms with Gasteiger partial charge >= 0.3 is 6.36 Å². The minimum atomic E-state index is -5.07. The molecule has 166 valence electrons. The first-order valence-electron chi connectivity index (χ1n) is 9.26. The number of aromatic nitrogens is 2. The van der Waals surface area contributed by atoms with E-state index in [4.69, 9.17) is 4.74 Å². The van der Waals surface area contributed by atoms with Gasteiger partial charge in [0.1, 0.15) is 28.5 Å². The Morgan fingerprint density at radius 3 is 2.62 bits per heavy atom. The topological polar surface area (TPSA) is 73.3 Å². The number of hydrogen-bond acceptors (Lipinski definition) is 5. The number of alkyl halides is 3. The zero-order valence-electron chi connectivity index (χ0n) is 16.1. The standard InChI is InChI=1S/C21H14F5N3O3/c22-13-4-5-15(28-11-13)19(30)29-20(7-9-31-17-2-1-8-27-18(17)20)12-3-6-16(14(23)10-12)32-21(24,25)26/h1-6,8,10-11H,7,9H2,(H,29,30)/t20-/m0/s1. The number of nitrogens with one attached hydrogen (secondary N) is 1. The summed E-state index contributed by atoms with van der Waals surface area (Å²) in [6.07, 6.45) is -2.69. The van der Waals surface area contributed by atoms with Gasteiger partial charge < -0.3 is 14.8 Å². The molecule has 1 aliphatic heterocycles. The van der Waals surface area contributed by atoms with Crippen molar-refractivity contribution in [2.45, 2.75) is 18.3 Å². The molecule has 4 rings (SSSR count). The Bertz CT molecular complexity index is 1150. The number of rotatable bonds is 4. The first-order valence-corrected chi connectivity index (χ1v) is 9.26. The lowest BCUT2D eigenvalue weighted by atomic mass is 9.81. The van der Waals surface area contributed by atoms with Crippen LogP contribution in [0.25, 0.3) is 0 Å². The molecule has 3 aromatic rings. The minimum absolute atomic E-state index is 0.0862. The molecule has 1 aromatic carbocycles. The summed E-state index contributed by atoms with van der Waals surface area (Å²) in [5, 5.41) is 2.74. The van der Waals surface area contributed by atoms with Crippen LogP contribution in [0.3, 0.4) is 0 Å². The van der Waals surface area contributed by atoms with Crippen LogP contribution < -0.4 is 14.8 Å². The van der Waals surface area contributed by atoms with Crippen LogP contribution in [-0.4, -0.2) is 28.8 Å². The van der Waals surface area contributed by atoms with Crippen LogP contribution in [0.2, 0.25) is 0 Å². The van der Waals surface area contributed by atoms with Crippen LogP contribution in [-0.2, 0) is 5.54 Å². The van der Waals surface area contributed by atoms with Gasteiger partial charge in [0, 0.05) is 12.6 Å². The molecule has 32 heavy (non-hydrogen) atoms. The third-order valence-electron chi connectivity index (χ3n) is 4.85. The Morgan fingerprint density at radius 1 is 1.12 bits per heavy atom. The van der Waals surface area contributed by atoms with Gasteiger partial charge in [-0.2, -0.15) is 0 Å². The number of halogens is 5. The van der Waals surface area contributed by atoms with Gasteiger partial charge in [0.15, 0.2) is 11.6 Å². The van der Waals surface area contributed by atoms with Crippen LogP contribution in [0.4, 0.5) is 22.0 Å². The summed E-state index contributed by atoms with van der Waals surface area (Å²) in [6.45, 7) is 0.0955. The Kier molecular flexibility index (Phi) is 5.41. The number of amides is 1. The van der Waals surface area contributed by atoms with E-state index in [2.05, 4.69) is 20.0 Å². The van der Waals surface area contributed by atoms with Gasteiger partial charge in [-0.1, -0.05) is 6.07 Å². The largest absolute Gasteiger partial charge is 0.573 e. The number of nitrogens with zero attached hydrogens (tertiary/aromatic N) is 2. The zero-order valence-corrected chi connectivity index (χ0v) is 16.1. The van der Waals surface area contributed by atoms with E-state index in [9.17, 15) is 26.7 Å². The van der Waals surface area contributed by atoms with Crippen molar-refractivity contribution in [1.82, 2.24) is 15.3 Å². The molecule has 0 saturated heterocycles. The monoisotopic (exact) mass is 451 g/mol. The number of carbonyl (C=O) groups excluding carboxylic acids is 1. The first-order chi connectivity index (χ1) is 15.2. The molecular weight excluding hydrogens is 437 g/mol. The SMILES string of the molecule is O=C(N[C@]1(c2ccc(OC(F)(F)F)c(F)c2)CCOc2cccnc21)c1ccc(F)cn1. The highest BCUT2D eigenvalue weighted by Crippen LogP contribution is 2.42. The normalized spacial score (nSPS) is 17.8. The van der Waals surface area contributed by atoms with E-state index in [1.54, 1.807) is 12.1 Å². The number of benzene rings is 1. The van der Waals surface area contributed by atoms with Gasteiger partial charge in [0.2, 0.25) is 0 Å². The molecule has 1 amide bonds. The summed E-state index contributed by atoms with van der Waals surface area (Å²) in [7, 11) is 0. The minimum Gasteiger partial charge on any atom is -0.491 e. The second-order valence-corrected chi connectivity index (χ2v) is 6.86. The highest BCUT2D eigenvalue weighted by Gasteiger charge is 2.43. The molecule has 1 atom stereocenters. The molecule has 2 aromatic heterocycles. The second kappa shape index (κ2) is 8.06. The van der Waals surface area contributed by atoms with Gasteiger partial charge in [-0.15, -0.1) is 13.2 Å². The summed E-state index contributed by atoms with van der Waals surface area (Å²) in [6, 6.07) is 8.26. The molecule has 0 radical (unpaired) electrons. The fraction of sp³-hybridized carbons (Fsp3) is 0.190. The second-order valence-electron chi connectivity index (χ2n) is 6.86. The lowest BCUT2D eigenvalue weighted by molar-refractivity contribution is -0.275. The van der Waals surface area contributed by atoms with Gasteiger partial charge in [-0.25, -0.2) is 13.8 Å². The van der Waals surface area contributed by atoms with E-state index in [0.717, 1.165) is 30.5 Å². The van der Waals surface area contributed by atoms with E-state index < -0.39 is 35.2 Å². The number of fused-ring (bicyclic) bond motifs is 1. The first kappa shape index (κ1) is 21.5. The molecule has 11 heteroatoms. The Morgan fingerprint density at radius 2 is 1.94 bits per heavy atom. The molecule has 0 spiro atoms. The zero-order chi connectivity index (χ0) is 22.9. The highest BCUT2D eigenvalue weighted by molar-refractivity contribution is 5.93. The Labute approximate surface area is 178 Å². The van der Waals surface area contributed by atoms with Crippen molar-refractivity contribution in [2.24, 2.45) is 0 Å². The van der Waals surface area contributed by atoms with E-state index in [1.807, 2.05) is 0 Å². The van der Waals surface area contributed by atoms with Crippen molar-refractivity contribution >= 4 is 5.91 Å². The smallest absolute Gasteiger partial charge is 0.491 e. The molecule has 0 fully saturated rings. The quantitative estimate of drug-likeness (QED) is 0.605. The molecular formula is C21H14F5N3O3. The predicted molar refractivity (Wildman–Crippen MR) is 99.9 cm³/mol. The van der Waals surface area contributed by atoms with Crippen molar-refractivity contribution in [3.05, 3.63) is 83.4 Å². The molecule has 1 aliphatic rings. The van der Waals surface area contributed by atoms with Crippen molar-refractivity contribution in [3.8, 4) is 11.5 Å². The molecule has 0 aliphatic carbocycles. The van der Waals surface area contributed by atoms with Gasteiger partial charge in [-0.3, -0.25) is 9.78 Å². The van der Waals surface area contributed by atoms with Gasteiger partial charge in [-0.05, 0) is 42.0 Å². The molecule has 6 nitrogen and oxygen atoms in total. The number of hydrogen-bond donors (Lipinski definition) is 1. The highest BCUT2D eigenvalue weighted by atomic mass is 19.4. The summed E-state index contributed by atoms with van der Waals surface area (Å²) < 4.78 is 74.6. The molecule has 1 N–H and O–H groups in total. The number of carbonyl (C=O) groups is 1. The summed E-state index contributed by atoms with van der Waals surface area (Å²) >= 11 is 0. The third-order valence-corrected chi connectivity index (χ3v) is 4.85. The summed E-state index contributed by atoms with van der Waals surface area (Å²) in [5.41, 5.74) is -1.24. The predicted octanol–water partition coefficient (Wildman–Crippen LogP) is 4.11. The molecule has 3 heterocycles. The summed E-state index contributed by atoms with van der Waals surface area (Å²) in [5.74, 6) is -3.35. The number of ether oxygens (including phenoxy) is 2. The Balaban J connectivity index is 1.80. The van der Waals surface area contributed by atoms with E-state index in [-0.39, 0.29) is 30.0 Å². The van der Waals surface area contributed by atoms with E-state index in [1.165, 1.54) is 12.3 Å². The maximum Gasteiger partial charge on any atom is 0.573 e. The lowest BCUT2D eigenvalue weighted by Crippen LogP contribution is -2.50. The third kappa shape index (κ3) is 4.18. The van der Waals surface area contributed by atoms with Crippen LogP contribution in [0, 0.1) is 11.6 Å². The molecule has 0 bridgehead atoms. The van der Waals surface area contributed by atoms with Gasteiger partial charge in [0.05, 0.1) is 12.8 Å². The van der Waals surface area contributed by atoms with Crippen LogP contribution in [0.15, 0.2) is 54.9 Å². The fourth-order valence-corrected chi connectivity index (χ4v) is 3.48. The average molecular weight is 451 g/mol. The average Bonchev–Trinajstić information content (AvgIpc) is 2.75. The van der Waals surface area contributed by atoms with Crippen LogP contribution >= 0.6 is 0 Å². The lowest BCUT2D eigenvalue weighted by Gasteiger charge is -2.39. The van der Waals surface area contributed by atoms with E-state index >= 15 is 0 Å². The van der Waals surface area contributed by atoms with Gasteiger partial charge in [0.25, 0.3) is 5.91 Å². The molecule has 0 saturated carbocycles. The van der Waals surface area contributed by atoms with Crippen LogP contribution in [0.5, 0.6) is 11.5 Å². The van der Waals surface area contributed by atoms with Crippen molar-refractivity contribution in [2.75, 3.05) is 6.61 Å². The Hall–Kier alpha value is -3.76. The maximum absolute atomic E-state index is 14.5. The van der Waals surface area contributed by atoms with Crippen molar-refractivity contribution in [3.63, 3.8) is 0 Å². The molecule has 0 unspecified atom stereocenters. The summed E-state index contributed by atoms with van der Waals surface area (Å²) in [4.78, 5) is 20.9. The fourth-order valence-electron chi connectivity index (χ4n) is 3.48. The van der Waals surface area contributed by atoms with E-state index in [0.29, 0.717) is 5.75 Å². The van der Waals surface area contributed by atoms with Crippen LogP contribution in [0.1, 0.15) is 28.2 Å². The van der Waals surface area contributed by atoms with Crippen molar-refractivity contribution < 1.29 is 36.2 Å². The van der Waals surface area contributed by atoms with Crippen molar-refractivity contribution in [1.29, 1.82) is 0 Å².